The normalized spacial score (nSPS) is 12.0. The first-order valence-electron chi connectivity index (χ1n) is 3.94. The number of rotatable bonds is 4. The molecular formula is C7H11ClN2O2S2. The zero-order valence-electron chi connectivity index (χ0n) is 7.74. The van der Waals surface area contributed by atoms with E-state index in [1.165, 1.54) is 11.3 Å². The predicted molar refractivity (Wildman–Crippen MR) is 60.1 cm³/mol. The lowest BCUT2D eigenvalue weighted by Gasteiger charge is -2.10. The topological polar surface area (TPSA) is 58.2 Å². The lowest BCUT2D eigenvalue weighted by atomic mass is 10.4. The summed E-state index contributed by atoms with van der Waals surface area (Å²) in [5, 5.41) is 2.55. The van der Waals surface area contributed by atoms with Crippen LogP contribution < -0.4 is 9.44 Å². The summed E-state index contributed by atoms with van der Waals surface area (Å²) >= 11 is 6.98. The van der Waals surface area contributed by atoms with Crippen molar-refractivity contribution in [3.05, 3.63) is 16.5 Å². The molecule has 0 bridgehead atoms. The van der Waals surface area contributed by atoms with E-state index in [9.17, 15) is 8.42 Å². The van der Waals surface area contributed by atoms with Gasteiger partial charge in [-0.05, 0) is 25.3 Å². The van der Waals surface area contributed by atoms with Crippen molar-refractivity contribution in [1.29, 1.82) is 0 Å². The molecule has 0 fully saturated rings. The van der Waals surface area contributed by atoms with Gasteiger partial charge in [-0.1, -0.05) is 11.6 Å². The highest BCUT2D eigenvalue weighted by Crippen LogP contribution is 2.28. The van der Waals surface area contributed by atoms with E-state index in [-0.39, 0.29) is 6.04 Å². The van der Waals surface area contributed by atoms with Gasteiger partial charge in [-0.3, -0.25) is 4.72 Å². The summed E-state index contributed by atoms with van der Waals surface area (Å²) in [5.41, 5.74) is 0. The van der Waals surface area contributed by atoms with E-state index in [4.69, 9.17) is 11.6 Å². The lowest BCUT2D eigenvalue weighted by Crippen LogP contribution is -2.35. The second-order valence-electron chi connectivity index (χ2n) is 2.98. The summed E-state index contributed by atoms with van der Waals surface area (Å²) in [7, 11) is -3.50. The van der Waals surface area contributed by atoms with Gasteiger partial charge in [-0.2, -0.15) is 13.1 Å². The molecule has 0 aromatic carbocycles. The molecule has 0 saturated heterocycles. The highest BCUT2D eigenvalue weighted by atomic mass is 35.5. The van der Waals surface area contributed by atoms with Crippen molar-refractivity contribution < 1.29 is 8.42 Å². The Balaban J connectivity index is 2.74. The van der Waals surface area contributed by atoms with Crippen LogP contribution in [0.15, 0.2) is 11.4 Å². The van der Waals surface area contributed by atoms with Gasteiger partial charge < -0.3 is 0 Å². The number of anilines is 1. The van der Waals surface area contributed by atoms with Gasteiger partial charge in [0.05, 0.1) is 5.02 Å². The average molecular weight is 255 g/mol. The first kappa shape index (κ1) is 11.8. The fourth-order valence-electron chi connectivity index (χ4n) is 0.828. The van der Waals surface area contributed by atoms with Crippen LogP contribution in [0.4, 0.5) is 5.00 Å². The van der Waals surface area contributed by atoms with Crippen LogP contribution in [0.1, 0.15) is 13.8 Å². The van der Waals surface area contributed by atoms with Crippen LogP contribution in [0.25, 0.3) is 0 Å². The molecule has 1 heterocycles. The van der Waals surface area contributed by atoms with Gasteiger partial charge in [0.1, 0.15) is 5.00 Å². The van der Waals surface area contributed by atoms with Crippen LogP contribution in [0, 0.1) is 0 Å². The third-order valence-electron chi connectivity index (χ3n) is 1.24. The molecule has 0 radical (unpaired) electrons. The standard InChI is InChI=1S/C7H11ClN2O2S2/c1-5(2)9-14(11,12)10-7-6(8)3-4-13-7/h3-5,9-10H,1-2H3. The van der Waals surface area contributed by atoms with Crippen LogP contribution in [0.3, 0.4) is 0 Å². The van der Waals surface area contributed by atoms with Crippen molar-refractivity contribution in [2.45, 2.75) is 19.9 Å². The zero-order valence-corrected chi connectivity index (χ0v) is 10.1. The first-order chi connectivity index (χ1) is 6.41. The maximum atomic E-state index is 11.4. The summed E-state index contributed by atoms with van der Waals surface area (Å²) in [6.45, 7) is 3.49. The molecule has 1 aromatic heterocycles. The number of thiophene rings is 1. The Morgan fingerprint density at radius 1 is 1.50 bits per heavy atom. The van der Waals surface area contributed by atoms with Gasteiger partial charge >= 0.3 is 0 Å². The maximum absolute atomic E-state index is 11.4. The van der Waals surface area contributed by atoms with Gasteiger partial charge in [-0.25, -0.2) is 0 Å². The van der Waals surface area contributed by atoms with E-state index in [2.05, 4.69) is 9.44 Å². The van der Waals surface area contributed by atoms with Crippen LogP contribution in [-0.2, 0) is 10.2 Å². The van der Waals surface area contributed by atoms with E-state index in [1.807, 2.05) is 0 Å². The third kappa shape index (κ3) is 3.45. The minimum atomic E-state index is -3.50. The van der Waals surface area contributed by atoms with Gasteiger partial charge in [-0.15, -0.1) is 11.3 Å². The van der Waals surface area contributed by atoms with Crippen molar-refractivity contribution in [1.82, 2.24) is 4.72 Å². The fourth-order valence-corrected chi connectivity index (χ4v) is 3.28. The quantitative estimate of drug-likeness (QED) is 0.864. The molecule has 0 spiro atoms. The highest BCUT2D eigenvalue weighted by molar-refractivity contribution is 7.91. The summed E-state index contributed by atoms with van der Waals surface area (Å²) < 4.78 is 27.5. The Morgan fingerprint density at radius 3 is 2.57 bits per heavy atom. The number of hydrogen-bond acceptors (Lipinski definition) is 3. The predicted octanol–water partition coefficient (Wildman–Crippen LogP) is 2.06. The second-order valence-corrected chi connectivity index (χ2v) is 5.75. The Hall–Kier alpha value is -0.300. The van der Waals surface area contributed by atoms with Crippen LogP contribution in [-0.4, -0.2) is 14.5 Å². The van der Waals surface area contributed by atoms with Crippen molar-refractivity contribution >= 4 is 38.1 Å². The van der Waals surface area contributed by atoms with Gasteiger partial charge in [0, 0.05) is 6.04 Å². The molecule has 80 valence electrons. The Bertz CT molecular complexity index is 400. The van der Waals surface area contributed by atoms with Crippen molar-refractivity contribution in [2.75, 3.05) is 4.72 Å². The smallest absolute Gasteiger partial charge is 0.260 e. The maximum Gasteiger partial charge on any atom is 0.299 e. The van der Waals surface area contributed by atoms with Gasteiger partial charge in [0.25, 0.3) is 10.2 Å². The third-order valence-corrected chi connectivity index (χ3v) is 3.88. The van der Waals surface area contributed by atoms with Crippen molar-refractivity contribution in [3.63, 3.8) is 0 Å². The number of halogens is 1. The first-order valence-corrected chi connectivity index (χ1v) is 6.68. The molecular weight excluding hydrogens is 244 g/mol. The minimum Gasteiger partial charge on any atom is -0.260 e. The molecule has 0 aliphatic rings. The molecule has 0 atom stereocenters. The Morgan fingerprint density at radius 2 is 2.14 bits per heavy atom. The van der Waals surface area contributed by atoms with E-state index in [0.717, 1.165) is 0 Å². The SMILES string of the molecule is CC(C)NS(=O)(=O)Nc1sccc1Cl. The molecule has 1 aromatic rings. The van der Waals surface area contributed by atoms with Crippen LogP contribution in [0.5, 0.6) is 0 Å². The minimum absolute atomic E-state index is 0.147. The average Bonchev–Trinajstić information content (AvgIpc) is 2.32. The summed E-state index contributed by atoms with van der Waals surface area (Å²) in [6, 6.07) is 1.49. The zero-order chi connectivity index (χ0) is 10.8. The molecule has 14 heavy (non-hydrogen) atoms. The highest BCUT2D eigenvalue weighted by Gasteiger charge is 2.13. The molecule has 4 nitrogen and oxygen atoms in total. The Kier molecular flexibility index (Phi) is 3.77. The largest absolute Gasteiger partial charge is 0.299 e. The Labute approximate surface area is 92.5 Å². The summed E-state index contributed by atoms with van der Waals surface area (Å²) in [5.74, 6) is 0. The number of hydrogen-bond donors (Lipinski definition) is 2. The molecule has 0 amide bonds. The van der Waals surface area contributed by atoms with Crippen LogP contribution >= 0.6 is 22.9 Å². The molecule has 1 rings (SSSR count). The lowest BCUT2D eigenvalue weighted by molar-refractivity contribution is 0.575. The molecule has 0 aliphatic heterocycles. The van der Waals surface area contributed by atoms with Crippen molar-refractivity contribution in [3.8, 4) is 0 Å². The van der Waals surface area contributed by atoms with Gasteiger partial charge in [0.15, 0.2) is 0 Å². The molecule has 7 heteroatoms. The molecule has 2 N–H and O–H groups in total. The van der Waals surface area contributed by atoms with E-state index >= 15 is 0 Å². The molecule has 0 unspecified atom stereocenters. The second kappa shape index (κ2) is 4.48. The number of nitrogens with one attached hydrogen (secondary N) is 2. The molecule has 0 aliphatic carbocycles. The van der Waals surface area contributed by atoms with Crippen molar-refractivity contribution in [2.24, 2.45) is 0 Å². The monoisotopic (exact) mass is 254 g/mol. The van der Waals surface area contributed by atoms with E-state index in [0.29, 0.717) is 10.0 Å². The van der Waals surface area contributed by atoms with E-state index in [1.54, 1.807) is 25.3 Å². The molecule has 0 saturated carbocycles. The fraction of sp³-hybridized carbons (Fsp3) is 0.429. The summed E-state index contributed by atoms with van der Waals surface area (Å²) in [6.07, 6.45) is 0. The summed E-state index contributed by atoms with van der Waals surface area (Å²) in [4.78, 5) is 0. The van der Waals surface area contributed by atoms with Gasteiger partial charge in [0.2, 0.25) is 0 Å². The van der Waals surface area contributed by atoms with Crippen LogP contribution in [0.2, 0.25) is 5.02 Å². The van der Waals surface area contributed by atoms with E-state index < -0.39 is 10.2 Å².